The Balaban J connectivity index is 1.77. The Morgan fingerprint density at radius 3 is 2.39 bits per heavy atom. The smallest absolute Gasteiger partial charge is 0.330 e. The van der Waals surface area contributed by atoms with Gasteiger partial charge in [0.25, 0.3) is 0 Å². The minimum Gasteiger partial charge on any atom is -0.373 e. The van der Waals surface area contributed by atoms with Crippen molar-refractivity contribution in [3.63, 3.8) is 0 Å². The summed E-state index contributed by atoms with van der Waals surface area (Å²) >= 11 is 0. The molecule has 0 spiro atoms. The van der Waals surface area contributed by atoms with Crippen molar-refractivity contribution in [1.29, 1.82) is 0 Å². The maximum absolute atomic E-state index is 13.2. The van der Waals surface area contributed by atoms with Gasteiger partial charge < -0.3 is 4.74 Å². The monoisotopic (exact) mass is 334 g/mol. The number of ether oxygens (including phenoxy) is 1. The molecule has 0 aromatic heterocycles. The largest absolute Gasteiger partial charge is 0.373 e. The van der Waals surface area contributed by atoms with Crippen LogP contribution in [-0.2, 0) is 14.9 Å². The quantitative estimate of drug-likeness (QED) is 0.808. The molecule has 2 aromatic rings. The lowest BCUT2D eigenvalue weighted by Crippen LogP contribution is -2.36. The Kier molecular flexibility index (Phi) is 3.28. The summed E-state index contributed by atoms with van der Waals surface area (Å²) in [4.78, 5) is 0. The van der Waals surface area contributed by atoms with E-state index in [0.29, 0.717) is 36.6 Å². The first-order valence-corrected chi connectivity index (χ1v) is 8.76. The van der Waals surface area contributed by atoms with Crippen LogP contribution >= 0.6 is 0 Å². The Hall–Kier alpha value is -2.12. The maximum Gasteiger partial charge on any atom is 0.330 e. The van der Waals surface area contributed by atoms with Crippen LogP contribution in [0.25, 0.3) is 0 Å². The van der Waals surface area contributed by atoms with Crippen molar-refractivity contribution < 1.29 is 17.5 Å². The number of para-hydroxylation sites is 2. The van der Waals surface area contributed by atoms with Gasteiger partial charge in [-0.2, -0.15) is 8.42 Å². The number of rotatable bonds is 4. The second-order valence-electron chi connectivity index (χ2n) is 5.55. The molecule has 1 fully saturated rings. The van der Waals surface area contributed by atoms with E-state index in [4.69, 9.17) is 4.74 Å². The van der Waals surface area contributed by atoms with Gasteiger partial charge in [0.1, 0.15) is 5.82 Å². The van der Waals surface area contributed by atoms with Gasteiger partial charge in [-0.15, -0.1) is 0 Å². The number of hydrogen-bond acceptors (Lipinski definition) is 3. The van der Waals surface area contributed by atoms with Crippen molar-refractivity contribution in [2.75, 3.05) is 21.8 Å². The molecule has 120 valence electrons. The summed E-state index contributed by atoms with van der Waals surface area (Å²) in [5, 5.41) is 0. The molecule has 0 radical (unpaired) electrons. The second kappa shape index (κ2) is 5.21. The van der Waals surface area contributed by atoms with E-state index in [1.165, 1.54) is 32.9 Å². The summed E-state index contributed by atoms with van der Waals surface area (Å²) in [6.45, 7) is 1.05. The molecule has 0 N–H and O–H groups in total. The van der Waals surface area contributed by atoms with E-state index in [2.05, 4.69) is 0 Å². The molecule has 0 aliphatic carbocycles. The lowest BCUT2D eigenvalue weighted by atomic mass is 10.2. The van der Waals surface area contributed by atoms with Gasteiger partial charge in [0.2, 0.25) is 0 Å². The molecular formula is C16H15FN2O3S. The number of hydrogen-bond donors (Lipinski definition) is 0. The Morgan fingerprint density at radius 2 is 1.74 bits per heavy atom. The topological polar surface area (TPSA) is 53.2 Å². The lowest BCUT2D eigenvalue weighted by Gasteiger charge is -2.21. The molecule has 0 saturated carbocycles. The minimum absolute atomic E-state index is 0.150. The summed E-state index contributed by atoms with van der Waals surface area (Å²) < 4.78 is 47.0. The van der Waals surface area contributed by atoms with Crippen molar-refractivity contribution in [1.82, 2.24) is 0 Å². The van der Waals surface area contributed by atoms with Crippen LogP contribution in [-0.4, -0.2) is 27.7 Å². The van der Waals surface area contributed by atoms with E-state index in [1.807, 2.05) is 6.07 Å². The summed E-state index contributed by atoms with van der Waals surface area (Å²) in [5.74, 6) is -0.402. The van der Waals surface area contributed by atoms with Gasteiger partial charge in [-0.05, 0) is 42.8 Å². The predicted molar refractivity (Wildman–Crippen MR) is 85.6 cm³/mol. The third-order valence-corrected chi connectivity index (χ3v) is 5.80. The fourth-order valence-corrected chi connectivity index (χ4v) is 4.50. The summed E-state index contributed by atoms with van der Waals surface area (Å²) in [7, 11) is -3.73. The average molecular weight is 334 g/mol. The van der Waals surface area contributed by atoms with Gasteiger partial charge >= 0.3 is 10.2 Å². The second-order valence-corrected chi connectivity index (χ2v) is 7.26. The van der Waals surface area contributed by atoms with Gasteiger partial charge in [0, 0.05) is 6.54 Å². The van der Waals surface area contributed by atoms with Gasteiger partial charge in [0.15, 0.2) is 0 Å². The SMILES string of the molecule is O=S1(=O)N(CC[C@@H]2CO2)c2ccccc2N1c1ccc(F)cc1. The highest BCUT2D eigenvalue weighted by molar-refractivity contribution is 7.95. The van der Waals surface area contributed by atoms with Gasteiger partial charge in [-0.25, -0.2) is 8.70 Å². The van der Waals surface area contributed by atoms with Crippen molar-refractivity contribution >= 4 is 27.3 Å². The van der Waals surface area contributed by atoms with Crippen LogP contribution in [0.1, 0.15) is 6.42 Å². The number of benzene rings is 2. The molecule has 0 amide bonds. The van der Waals surface area contributed by atoms with Crippen LogP contribution in [0.4, 0.5) is 21.5 Å². The fraction of sp³-hybridized carbons (Fsp3) is 0.250. The molecule has 1 saturated heterocycles. The zero-order valence-electron chi connectivity index (χ0n) is 12.2. The normalized spacial score (nSPS) is 21.3. The highest BCUT2D eigenvalue weighted by Gasteiger charge is 2.41. The highest BCUT2D eigenvalue weighted by Crippen LogP contribution is 2.45. The Morgan fingerprint density at radius 1 is 1.09 bits per heavy atom. The number of halogens is 1. The van der Waals surface area contributed by atoms with E-state index in [0.717, 1.165) is 0 Å². The summed E-state index contributed by atoms with van der Waals surface area (Å²) in [6.07, 6.45) is 0.808. The van der Waals surface area contributed by atoms with E-state index in [9.17, 15) is 12.8 Å². The van der Waals surface area contributed by atoms with E-state index in [-0.39, 0.29) is 6.10 Å². The molecule has 1 atom stereocenters. The van der Waals surface area contributed by atoms with Crippen molar-refractivity contribution in [2.24, 2.45) is 0 Å². The first-order valence-electron chi connectivity index (χ1n) is 7.36. The highest BCUT2D eigenvalue weighted by atomic mass is 32.2. The van der Waals surface area contributed by atoms with E-state index >= 15 is 0 Å². The Labute approximate surface area is 134 Å². The molecule has 0 bridgehead atoms. The molecule has 2 aromatic carbocycles. The molecule has 0 unspecified atom stereocenters. The molecule has 5 nitrogen and oxygen atoms in total. The van der Waals surface area contributed by atoms with Gasteiger partial charge in [-0.1, -0.05) is 12.1 Å². The molecule has 2 heterocycles. The fourth-order valence-electron chi connectivity index (χ4n) is 2.77. The van der Waals surface area contributed by atoms with Crippen LogP contribution in [0.5, 0.6) is 0 Å². The number of epoxide rings is 1. The van der Waals surface area contributed by atoms with Crippen LogP contribution < -0.4 is 8.61 Å². The molecule has 2 aliphatic rings. The van der Waals surface area contributed by atoms with E-state index in [1.54, 1.807) is 18.2 Å². The molecule has 7 heteroatoms. The van der Waals surface area contributed by atoms with Crippen molar-refractivity contribution in [3.05, 3.63) is 54.3 Å². The number of nitrogens with zero attached hydrogens (tertiary/aromatic N) is 2. The standard InChI is InChI=1S/C16H15FN2O3S/c17-12-5-7-13(8-6-12)19-16-4-2-1-3-15(16)18(23(19,20)21)10-9-14-11-22-14/h1-8,14H,9-11H2/t14-/m1/s1. The van der Waals surface area contributed by atoms with E-state index < -0.39 is 16.0 Å². The van der Waals surface area contributed by atoms with Crippen LogP contribution in [0.15, 0.2) is 48.5 Å². The molecule has 4 rings (SSSR count). The van der Waals surface area contributed by atoms with Crippen molar-refractivity contribution in [2.45, 2.75) is 12.5 Å². The molecular weight excluding hydrogens is 319 g/mol. The number of fused-ring (bicyclic) bond motifs is 1. The molecule has 2 aliphatic heterocycles. The predicted octanol–water partition coefficient (Wildman–Crippen LogP) is 2.82. The van der Waals surface area contributed by atoms with Crippen LogP contribution in [0, 0.1) is 5.82 Å². The summed E-state index contributed by atoms with van der Waals surface area (Å²) in [5.41, 5.74) is 1.64. The zero-order valence-corrected chi connectivity index (χ0v) is 13.0. The zero-order chi connectivity index (χ0) is 16.0. The van der Waals surface area contributed by atoms with Crippen molar-refractivity contribution in [3.8, 4) is 0 Å². The third kappa shape index (κ3) is 2.46. The van der Waals surface area contributed by atoms with Gasteiger partial charge in [-0.3, -0.25) is 4.31 Å². The minimum atomic E-state index is -3.73. The Bertz CT molecular complexity index is 835. The first kappa shape index (κ1) is 14.5. The first-order chi connectivity index (χ1) is 11.1. The lowest BCUT2D eigenvalue weighted by molar-refractivity contribution is 0.399. The maximum atomic E-state index is 13.2. The molecule has 23 heavy (non-hydrogen) atoms. The van der Waals surface area contributed by atoms with Gasteiger partial charge in [0.05, 0.1) is 29.8 Å². The van der Waals surface area contributed by atoms with Crippen LogP contribution in [0.2, 0.25) is 0 Å². The third-order valence-electron chi connectivity index (χ3n) is 4.00. The number of anilines is 3. The average Bonchev–Trinajstić information content (AvgIpc) is 3.31. The van der Waals surface area contributed by atoms with Crippen LogP contribution in [0.3, 0.4) is 0 Å². The summed E-state index contributed by atoms with van der Waals surface area (Å²) in [6, 6.07) is 12.6.